The summed E-state index contributed by atoms with van der Waals surface area (Å²) in [4.78, 5) is 39.1. The highest BCUT2D eigenvalue weighted by atomic mass is 35.5. The van der Waals surface area contributed by atoms with E-state index in [9.17, 15) is 22.8 Å². The fourth-order valence-electron chi connectivity index (χ4n) is 3.19. The molecule has 0 bridgehead atoms. The number of para-hydroxylation sites is 1. The number of anilines is 1. The summed E-state index contributed by atoms with van der Waals surface area (Å²) in [5.74, 6) is -1.81. The molecular formula is C22H17ClN2O7S. The number of amides is 2. The molecule has 2 amide bonds. The van der Waals surface area contributed by atoms with Gasteiger partial charge in [0.25, 0.3) is 21.8 Å². The Morgan fingerprint density at radius 2 is 1.73 bits per heavy atom. The van der Waals surface area contributed by atoms with Gasteiger partial charge in [0.1, 0.15) is 12.4 Å². The number of hydrogen-bond acceptors (Lipinski definition) is 7. The molecule has 0 saturated carbocycles. The maximum absolute atomic E-state index is 12.9. The maximum Gasteiger partial charge on any atom is 0.338 e. The van der Waals surface area contributed by atoms with E-state index in [1.807, 2.05) is 0 Å². The van der Waals surface area contributed by atoms with Crippen molar-refractivity contribution >= 4 is 45.1 Å². The highest BCUT2D eigenvalue weighted by Crippen LogP contribution is 2.33. The van der Waals surface area contributed by atoms with Gasteiger partial charge < -0.3 is 9.15 Å². The molecule has 0 unspecified atom stereocenters. The number of esters is 1. The number of furan rings is 1. The summed E-state index contributed by atoms with van der Waals surface area (Å²) in [7, 11) is -1.02. The average Bonchev–Trinajstić information content (AvgIpc) is 3.36. The van der Waals surface area contributed by atoms with E-state index in [4.69, 9.17) is 20.8 Å². The zero-order chi connectivity index (χ0) is 23.9. The Hall–Kier alpha value is -3.47. The lowest BCUT2D eigenvalue weighted by molar-refractivity contribution is 0.0440. The molecule has 9 nitrogen and oxygen atoms in total. The average molecular weight is 489 g/mol. The van der Waals surface area contributed by atoms with Crippen LogP contribution in [0.15, 0.2) is 64.1 Å². The predicted molar refractivity (Wildman–Crippen MR) is 118 cm³/mol. The second-order valence-electron chi connectivity index (χ2n) is 7.24. The van der Waals surface area contributed by atoms with Crippen LogP contribution in [0.1, 0.15) is 36.8 Å². The van der Waals surface area contributed by atoms with Gasteiger partial charge in [0, 0.05) is 14.1 Å². The minimum Gasteiger partial charge on any atom is -0.454 e. The summed E-state index contributed by atoms with van der Waals surface area (Å²) in [5.41, 5.74) is 0.479. The number of carbonyl (C=O) groups excluding carboxylic acids is 3. The SMILES string of the molecule is CN(C)S(=O)(=O)c1ccc(COC(=O)c2ccc3c(c2)C(=O)N(c2ccccc2Cl)C3=O)o1. The van der Waals surface area contributed by atoms with Crippen LogP contribution in [0.4, 0.5) is 5.69 Å². The third kappa shape index (κ3) is 4.04. The number of nitrogens with zero attached hydrogens (tertiary/aromatic N) is 2. The highest BCUT2D eigenvalue weighted by molar-refractivity contribution is 7.88. The predicted octanol–water partition coefficient (Wildman–Crippen LogP) is 3.34. The van der Waals surface area contributed by atoms with E-state index < -0.39 is 27.8 Å². The first-order chi connectivity index (χ1) is 15.6. The van der Waals surface area contributed by atoms with Crippen molar-refractivity contribution in [3.63, 3.8) is 0 Å². The molecule has 0 saturated heterocycles. The summed E-state index contributed by atoms with van der Waals surface area (Å²) in [6.45, 7) is -0.322. The van der Waals surface area contributed by atoms with Crippen molar-refractivity contribution in [2.45, 2.75) is 11.7 Å². The zero-order valence-electron chi connectivity index (χ0n) is 17.4. The number of hydrogen-bond donors (Lipinski definition) is 0. The molecule has 1 aliphatic rings. The standard InChI is InChI=1S/C22H17ClN2O7S/c1-24(2)33(29,30)19-10-8-14(32-19)12-31-22(28)13-7-9-15-16(11-13)21(27)25(20(15)26)18-6-4-3-5-17(18)23/h3-11H,12H2,1-2H3. The molecule has 170 valence electrons. The molecule has 0 fully saturated rings. The van der Waals surface area contributed by atoms with E-state index in [0.29, 0.717) is 0 Å². The van der Waals surface area contributed by atoms with Crippen LogP contribution < -0.4 is 4.90 Å². The molecular weight excluding hydrogens is 472 g/mol. The number of fused-ring (bicyclic) bond motifs is 1. The molecule has 4 rings (SSSR count). The lowest BCUT2D eigenvalue weighted by Gasteiger charge is -2.15. The number of halogens is 1. The van der Waals surface area contributed by atoms with Gasteiger partial charge in [-0.2, -0.15) is 0 Å². The highest BCUT2D eigenvalue weighted by Gasteiger charge is 2.38. The Balaban J connectivity index is 1.51. The van der Waals surface area contributed by atoms with Crippen molar-refractivity contribution in [3.05, 3.63) is 82.1 Å². The van der Waals surface area contributed by atoms with E-state index in [1.165, 1.54) is 44.4 Å². The van der Waals surface area contributed by atoms with Crippen LogP contribution in [0.25, 0.3) is 0 Å². The minimum absolute atomic E-state index is 0.0450. The summed E-state index contributed by atoms with van der Waals surface area (Å²) in [5, 5.41) is -0.0411. The maximum atomic E-state index is 12.9. The number of sulfonamides is 1. The summed E-state index contributed by atoms with van der Waals surface area (Å²) < 4.78 is 35.6. The second-order valence-corrected chi connectivity index (χ2v) is 9.73. The van der Waals surface area contributed by atoms with Crippen LogP contribution in [-0.2, 0) is 21.4 Å². The van der Waals surface area contributed by atoms with Crippen LogP contribution >= 0.6 is 11.6 Å². The quantitative estimate of drug-likeness (QED) is 0.386. The number of imide groups is 1. The Labute approximate surface area is 194 Å². The Morgan fingerprint density at radius 3 is 2.42 bits per heavy atom. The van der Waals surface area contributed by atoms with E-state index in [2.05, 4.69) is 0 Å². The summed E-state index contributed by atoms with van der Waals surface area (Å²) >= 11 is 6.14. The minimum atomic E-state index is -3.75. The van der Waals surface area contributed by atoms with Crippen LogP contribution in [0, 0.1) is 0 Å². The summed E-state index contributed by atoms with van der Waals surface area (Å²) in [6, 6.07) is 13.1. The molecule has 3 aromatic rings. The van der Waals surface area contributed by atoms with Crippen LogP contribution in [-0.4, -0.2) is 44.6 Å². The van der Waals surface area contributed by atoms with Gasteiger partial charge in [0.15, 0.2) is 0 Å². The molecule has 1 aromatic heterocycles. The van der Waals surface area contributed by atoms with Crippen LogP contribution in [0.2, 0.25) is 5.02 Å². The number of rotatable bonds is 6. The first kappa shape index (κ1) is 22.7. The Kier molecular flexibility index (Phi) is 5.83. The fourth-order valence-corrected chi connectivity index (χ4v) is 4.23. The topological polar surface area (TPSA) is 114 Å². The Morgan fingerprint density at radius 1 is 1.03 bits per heavy atom. The fraction of sp³-hybridized carbons (Fsp3) is 0.136. The van der Waals surface area contributed by atoms with E-state index >= 15 is 0 Å². The zero-order valence-corrected chi connectivity index (χ0v) is 19.0. The van der Waals surface area contributed by atoms with Gasteiger partial charge in [0.2, 0.25) is 5.09 Å². The molecule has 11 heteroatoms. The molecule has 0 aliphatic carbocycles. The second kappa shape index (κ2) is 8.47. The first-order valence-corrected chi connectivity index (χ1v) is 11.4. The van der Waals surface area contributed by atoms with Crippen molar-refractivity contribution < 1.29 is 32.0 Å². The third-order valence-corrected chi connectivity index (χ3v) is 6.94. The molecule has 33 heavy (non-hydrogen) atoms. The molecule has 2 aromatic carbocycles. The van der Waals surface area contributed by atoms with E-state index in [-0.39, 0.29) is 44.9 Å². The smallest absolute Gasteiger partial charge is 0.338 e. The lowest BCUT2D eigenvalue weighted by atomic mass is 10.1. The number of ether oxygens (including phenoxy) is 1. The van der Waals surface area contributed by atoms with Crippen molar-refractivity contribution in [2.24, 2.45) is 0 Å². The van der Waals surface area contributed by atoms with Gasteiger partial charge in [-0.3, -0.25) is 9.59 Å². The van der Waals surface area contributed by atoms with Crippen LogP contribution in [0.5, 0.6) is 0 Å². The van der Waals surface area contributed by atoms with Gasteiger partial charge in [-0.1, -0.05) is 23.7 Å². The molecule has 1 aliphatic heterocycles. The van der Waals surface area contributed by atoms with Gasteiger partial charge in [-0.05, 0) is 42.5 Å². The van der Waals surface area contributed by atoms with E-state index in [1.54, 1.807) is 24.3 Å². The summed E-state index contributed by atoms with van der Waals surface area (Å²) in [6.07, 6.45) is 0. The molecule has 2 heterocycles. The van der Waals surface area contributed by atoms with Gasteiger partial charge >= 0.3 is 5.97 Å². The number of benzene rings is 2. The molecule has 0 N–H and O–H groups in total. The van der Waals surface area contributed by atoms with Gasteiger partial charge in [0.05, 0.1) is 27.4 Å². The molecule has 0 radical (unpaired) electrons. The van der Waals surface area contributed by atoms with Crippen molar-refractivity contribution in [1.82, 2.24) is 4.31 Å². The number of carbonyl (C=O) groups is 3. The lowest BCUT2D eigenvalue weighted by Crippen LogP contribution is -2.29. The van der Waals surface area contributed by atoms with Gasteiger partial charge in [-0.25, -0.2) is 22.4 Å². The monoisotopic (exact) mass is 488 g/mol. The molecule has 0 spiro atoms. The normalized spacial score (nSPS) is 13.5. The molecule has 0 atom stereocenters. The Bertz CT molecular complexity index is 1400. The van der Waals surface area contributed by atoms with Crippen molar-refractivity contribution in [3.8, 4) is 0 Å². The third-order valence-electron chi connectivity index (χ3n) is 4.93. The first-order valence-electron chi connectivity index (χ1n) is 9.57. The van der Waals surface area contributed by atoms with E-state index in [0.717, 1.165) is 9.21 Å². The van der Waals surface area contributed by atoms with Crippen LogP contribution in [0.3, 0.4) is 0 Å². The van der Waals surface area contributed by atoms with Crippen molar-refractivity contribution in [2.75, 3.05) is 19.0 Å². The van der Waals surface area contributed by atoms with Gasteiger partial charge in [-0.15, -0.1) is 0 Å². The van der Waals surface area contributed by atoms with Crippen molar-refractivity contribution in [1.29, 1.82) is 0 Å². The largest absolute Gasteiger partial charge is 0.454 e.